The van der Waals surface area contributed by atoms with Crippen molar-refractivity contribution in [1.82, 2.24) is 0 Å². The van der Waals surface area contributed by atoms with Gasteiger partial charge in [0.05, 0.1) is 37.2 Å². The van der Waals surface area contributed by atoms with Crippen LogP contribution in [0.5, 0.6) is 11.5 Å². The van der Waals surface area contributed by atoms with Crippen molar-refractivity contribution in [2.75, 3.05) is 24.9 Å². The van der Waals surface area contributed by atoms with Gasteiger partial charge in [0, 0.05) is 11.8 Å². The zero-order valence-corrected chi connectivity index (χ0v) is 14.1. The third kappa shape index (κ3) is 2.67. The summed E-state index contributed by atoms with van der Waals surface area (Å²) >= 11 is 0. The van der Waals surface area contributed by atoms with E-state index in [2.05, 4.69) is 0 Å². The zero-order chi connectivity index (χ0) is 14.3. The van der Waals surface area contributed by atoms with E-state index in [1.807, 2.05) is 12.1 Å². The summed E-state index contributed by atoms with van der Waals surface area (Å²) in [4.78, 5) is 14.2. The Morgan fingerprint density at radius 1 is 1.33 bits per heavy atom. The molecule has 0 bridgehead atoms. The molecule has 1 amide bonds. The van der Waals surface area contributed by atoms with E-state index in [0.717, 1.165) is 11.4 Å². The van der Waals surface area contributed by atoms with Gasteiger partial charge >= 0.3 is 0 Å². The second kappa shape index (κ2) is 6.56. The van der Waals surface area contributed by atoms with E-state index in [9.17, 15) is 4.79 Å². The number of nitrogens with two attached hydrogens (primary N) is 1. The van der Waals surface area contributed by atoms with Gasteiger partial charge in [-0.3, -0.25) is 4.79 Å². The Balaban J connectivity index is 0.00000161. The minimum Gasteiger partial charge on any atom is -0.497 e. The molecule has 116 valence electrons. The van der Waals surface area contributed by atoms with Crippen LogP contribution in [0.25, 0.3) is 0 Å². The molecule has 21 heavy (non-hydrogen) atoms. The van der Waals surface area contributed by atoms with Crippen molar-refractivity contribution < 1.29 is 14.3 Å². The summed E-state index contributed by atoms with van der Waals surface area (Å²) < 4.78 is 10.6. The van der Waals surface area contributed by atoms with Gasteiger partial charge in [0.15, 0.2) is 0 Å². The maximum Gasteiger partial charge on any atom is 0.245 e. The third-order valence-electron chi connectivity index (χ3n) is 3.65. The van der Waals surface area contributed by atoms with Crippen molar-refractivity contribution in [3.63, 3.8) is 0 Å². The molecule has 8 heteroatoms. The molecular weight excluding hydrogens is 332 g/mol. The lowest BCUT2D eigenvalue weighted by Crippen LogP contribution is -2.37. The molecule has 0 radical (unpaired) electrons. The van der Waals surface area contributed by atoms with Crippen LogP contribution in [0.1, 0.15) is 0 Å². The Kier molecular flexibility index (Phi) is 5.19. The summed E-state index contributed by atoms with van der Waals surface area (Å²) in [5.41, 5.74) is 6.82. The summed E-state index contributed by atoms with van der Waals surface area (Å²) in [6.45, 7) is 0. The Hall–Kier alpha value is -0.760. The first-order valence-corrected chi connectivity index (χ1v) is 8.64. The molecular formula is C13H17ClN2O3S2. The monoisotopic (exact) mass is 348 g/mol. The molecule has 0 saturated carbocycles. The highest BCUT2D eigenvalue weighted by atomic mass is 35.5. The summed E-state index contributed by atoms with van der Waals surface area (Å²) in [7, 11) is 6.67. The lowest BCUT2D eigenvalue weighted by atomic mass is 10.2. The van der Waals surface area contributed by atoms with Crippen LogP contribution >= 0.6 is 34.0 Å². The van der Waals surface area contributed by atoms with Crippen LogP contribution in [-0.2, 0) is 4.79 Å². The quantitative estimate of drug-likeness (QED) is 0.842. The van der Waals surface area contributed by atoms with Gasteiger partial charge in [0.1, 0.15) is 11.5 Å². The molecule has 3 atom stereocenters. The van der Waals surface area contributed by atoms with Crippen molar-refractivity contribution in [3.8, 4) is 11.5 Å². The first kappa shape index (κ1) is 16.6. The van der Waals surface area contributed by atoms with Crippen LogP contribution in [0, 0.1) is 0 Å². The Labute approximate surface area is 137 Å². The van der Waals surface area contributed by atoms with E-state index in [1.165, 1.54) is 0 Å². The fourth-order valence-corrected chi connectivity index (χ4v) is 5.92. The van der Waals surface area contributed by atoms with Crippen LogP contribution < -0.4 is 20.1 Å². The summed E-state index contributed by atoms with van der Waals surface area (Å²) in [6, 6.07) is 5.18. The largest absolute Gasteiger partial charge is 0.497 e. The summed E-state index contributed by atoms with van der Waals surface area (Å²) in [5, 5.41) is 0.152. The fourth-order valence-electron chi connectivity index (χ4n) is 2.61. The minimum atomic E-state index is -0.438. The third-order valence-corrected chi connectivity index (χ3v) is 6.58. The molecule has 0 aliphatic carbocycles. The summed E-state index contributed by atoms with van der Waals surface area (Å²) in [5.74, 6) is 2.20. The van der Waals surface area contributed by atoms with Crippen molar-refractivity contribution in [3.05, 3.63) is 18.2 Å². The van der Waals surface area contributed by atoms with Crippen LogP contribution in [0.2, 0.25) is 0 Å². The highest BCUT2D eigenvalue weighted by Gasteiger charge is 2.51. The number of anilines is 1. The van der Waals surface area contributed by atoms with Gasteiger partial charge in [-0.25, -0.2) is 0 Å². The SMILES string of the molecule is COc1ccc(N2C(=O)C(N)C3SSCC32)c(OC)c1.Cl. The number of nitrogens with zero attached hydrogens (tertiary/aromatic N) is 1. The van der Waals surface area contributed by atoms with Crippen molar-refractivity contribution in [1.29, 1.82) is 0 Å². The number of benzene rings is 1. The highest BCUT2D eigenvalue weighted by Crippen LogP contribution is 2.48. The summed E-state index contributed by atoms with van der Waals surface area (Å²) in [6.07, 6.45) is 0. The molecule has 2 saturated heterocycles. The second-order valence-electron chi connectivity index (χ2n) is 4.68. The molecule has 2 aliphatic rings. The molecule has 2 heterocycles. The van der Waals surface area contributed by atoms with Gasteiger partial charge in [0.2, 0.25) is 5.91 Å². The van der Waals surface area contributed by atoms with Crippen LogP contribution in [0.3, 0.4) is 0 Å². The molecule has 2 aliphatic heterocycles. The Bertz CT molecular complexity index is 546. The first-order valence-electron chi connectivity index (χ1n) is 6.26. The minimum absolute atomic E-state index is 0. The predicted molar refractivity (Wildman–Crippen MR) is 89.9 cm³/mol. The number of carbonyl (C=O) groups excluding carboxylic acids is 1. The lowest BCUT2D eigenvalue weighted by molar-refractivity contribution is -0.118. The molecule has 5 nitrogen and oxygen atoms in total. The Morgan fingerprint density at radius 2 is 2.10 bits per heavy atom. The molecule has 2 N–H and O–H groups in total. The average Bonchev–Trinajstić information content (AvgIpc) is 3.03. The number of halogens is 1. The van der Waals surface area contributed by atoms with Crippen molar-refractivity contribution in [2.45, 2.75) is 17.3 Å². The number of rotatable bonds is 3. The number of carbonyl (C=O) groups is 1. The zero-order valence-electron chi connectivity index (χ0n) is 11.6. The molecule has 0 aromatic heterocycles. The van der Waals surface area contributed by atoms with Gasteiger partial charge < -0.3 is 20.1 Å². The highest BCUT2D eigenvalue weighted by molar-refractivity contribution is 8.77. The Morgan fingerprint density at radius 3 is 2.76 bits per heavy atom. The number of amides is 1. The van der Waals surface area contributed by atoms with Crippen LogP contribution in [-0.4, -0.2) is 43.2 Å². The van der Waals surface area contributed by atoms with E-state index in [0.29, 0.717) is 11.5 Å². The lowest BCUT2D eigenvalue weighted by Gasteiger charge is -2.25. The molecule has 3 unspecified atom stereocenters. The standard InChI is InChI=1S/C13H16N2O3S2.ClH/c1-17-7-3-4-8(10(5-7)18-2)15-9-6-19-20-12(9)11(14)13(15)16;/h3-5,9,11-12H,6,14H2,1-2H3;1H. The number of hydrogen-bond donors (Lipinski definition) is 1. The topological polar surface area (TPSA) is 64.8 Å². The van der Waals surface area contributed by atoms with Crippen LogP contribution in [0.4, 0.5) is 5.69 Å². The van der Waals surface area contributed by atoms with Crippen LogP contribution in [0.15, 0.2) is 18.2 Å². The molecule has 0 spiro atoms. The number of methoxy groups -OCH3 is 2. The number of hydrogen-bond acceptors (Lipinski definition) is 6. The maximum atomic E-state index is 12.4. The predicted octanol–water partition coefficient (Wildman–Crippen LogP) is 1.93. The molecule has 1 aromatic rings. The number of ether oxygens (including phenoxy) is 2. The smallest absolute Gasteiger partial charge is 0.245 e. The normalized spacial score (nSPS) is 27.3. The van der Waals surface area contributed by atoms with Crippen molar-refractivity contribution in [2.24, 2.45) is 5.73 Å². The number of fused-ring (bicyclic) bond motifs is 1. The fraction of sp³-hybridized carbons (Fsp3) is 0.462. The van der Waals surface area contributed by atoms with E-state index in [4.69, 9.17) is 15.2 Å². The molecule has 1 aromatic carbocycles. The van der Waals surface area contributed by atoms with Gasteiger partial charge in [-0.05, 0) is 12.1 Å². The van der Waals surface area contributed by atoms with Gasteiger partial charge in [-0.2, -0.15) is 0 Å². The van der Waals surface area contributed by atoms with E-state index in [1.54, 1.807) is 46.8 Å². The van der Waals surface area contributed by atoms with Gasteiger partial charge in [0.25, 0.3) is 0 Å². The average molecular weight is 349 g/mol. The van der Waals surface area contributed by atoms with Gasteiger partial charge in [-0.15, -0.1) is 12.4 Å². The van der Waals surface area contributed by atoms with E-state index < -0.39 is 6.04 Å². The van der Waals surface area contributed by atoms with Gasteiger partial charge in [-0.1, -0.05) is 21.6 Å². The first-order chi connectivity index (χ1) is 9.67. The second-order valence-corrected chi connectivity index (χ2v) is 7.27. The van der Waals surface area contributed by atoms with E-state index >= 15 is 0 Å². The molecule has 3 rings (SSSR count). The van der Waals surface area contributed by atoms with Crippen molar-refractivity contribution >= 4 is 45.6 Å². The van der Waals surface area contributed by atoms with E-state index in [-0.39, 0.29) is 29.6 Å². The maximum absolute atomic E-state index is 12.4. The molecule has 2 fully saturated rings.